The van der Waals surface area contributed by atoms with Crippen LogP contribution in [-0.2, 0) is 4.79 Å². The minimum absolute atomic E-state index is 0.0220. The van der Waals surface area contributed by atoms with E-state index in [0.717, 1.165) is 0 Å². The molecule has 162 valence electrons. The summed E-state index contributed by atoms with van der Waals surface area (Å²) in [5.41, 5.74) is 6.94. The number of carboxylic acid groups (broad SMARTS) is 1. The first-order valence-corrected chi connectivity index (χ1v) is 9.87. The Hall–Kier alpha value is -3.60. The number of benzene rings is 1. The molecule has 1 aromatic heterocycles. The summed E-state index contributed by atoms with van der Waals surface area (Å²) in [5.74, 6) is -1.22. The van der Waals surface area contributed by atoms with E-state index in [-0.39, 0.29) is 54.4 Å². The number of nitrogen functional groups attached to an aromatic ring is 1. The number of hydrogen-bond donors (Lipinski definition) is 2. The number of carboxylic acids is 1. The number of aliphatic carboxylic acids is 1. The number of amides is 3. The number of carbonyl (C=O) groups excluding carboxylic acids is 2. The number of aromatic nitrogens is 2. The molecule has 11 nitrogen and oxygen atoms in total. The van der Waals surface area contributed by atoms with E-state index in [1.54, 1.807) is 18.2 Å². The summed E-state index contributed by atoms with van der Waals surface area (Å²) in [4.78, 5) is 48.7. The average molecular weight is 447 g/mol. The molecule has 3 heterocycles. The number of anilines is 3. The van der Waals surface area contributed by atoms with E-state index in [4.69, 9.17) is 27.2 Å². The Morgan fingerprint density at radius 3 is 2.74 bits per heavy atom. The summed E-state index contributed by atoms with van der Waals surface area (Å²) in [5, 5.41) is 9.11. The van der Waals surface area contributed by atoms with Gasteiger partial charge in [-0.1, -0.05) is 11.6 Å². The lowest BCUT2D eigenvalue weighted by Crippen LogP contribution is -2.34. The Bertz CT molecular complexity index is 1060. The van der Waals surface area contributed by atoms with Crippen LogP contribution in [0.5, 0.6) is 5.88 Å². The molecule has 3 N–H and O–H groups in total. The molecule has 2 aliphatic rings. The van der Waals surface area contributed by atoms with Crippen LogP contribution in [0.3, 0.4) is 0 Å². The average Bonchev–Trinajstić information content (AvgIpc) is 2.99. The van der Waals surface area contributed by atoms with Crippen molar-refractivity contribution >= 4 is 46.7 Å². The highest BCUT2D eigenvalue weighted by molar-refractivity contribution is 6.34. The summed E-state index contributed by atoms with van der Waals surface area (Å²) < 4.78 is 5.53. The minimum Gasteiger partial charge on any atom is -0.481 e. The van der Waals surface area contributed by atoms with E-state index in [1.807, 2.05) is 0 Å². The maximum absolute atomic E-state index is 13.1. The van der Waals surface area contributed by atoms with Gasteiger partial charge in [-0.05, 0) is 18.2 Å². The van der Waals surface area contributed by atoms with Gasteiger partial charge in [0.05, 0.1) is 23.7 Å². The molecule has 2 aromatic rings. The second-order valence-electron chi connectivity index (χ2n) is 6.95. The zero-order chi connectivity index (χ0) is 22.1. The van der Waals surface area contributed by atoms with Gasteiger partial charge >= 0.3 is 12.0 Å². The molecular formula is C19H19ClN6O5. The molecule has 1 saturated heterocycles. The monoisotopic (exact) mass is 446 g/mol. The maximum Gasteiger partial charge on any atom is 0.324 e. The van der Waals surface area contributed by atoms with Crippen molar-refractivity contribution in [3.05, 3.63) is 35.1 Å². The number of hydrogen-bond acceptors (Lipinski definition) is 7. The van der Waals surface area contributed by atoms with Gasteiger partial charge in [0.15, 0.2) is 0 Å². The molecule has 3 amide bonds. The summed E-state index contributed by atoms with van der Waals surface area (Å²) in [6.07, 6.45) is 1.11. The third kappa shape index (κ3) is 3.91. The van der Waals surface area contributed by atoms with Gasteiger partial charge in [-0.3, -0.25) is 14.5 Å². The van der Waals surface area contributed by atoms with Gasteiger partial charge < -0.3 is 25.4 Å². The Kier molecular flexibility index (Phi) is 5.51. The van der Waals surface area contributed by atoms with Crippen LogP contribution < -0.4 is 20.3 Å². The van der Waals surface area contributed by atoms with E-state index in [2.05, 4.69) is 9.97 Å². The molecule has 31 heavy (non-hydrogen) atoms. The molecule has 0 aliphatic carbocycles. The maximum atomic E-state index is 13.1. The van der Waals surface area contributed by atoms with Gasteiger partial charge in [0.25, 0.3) is 5.91 Å². The van der Waals surface area contributed by atoms with Crippen molar-refractivity contribution in [2.75, 3.05) is 48.3 Å². The van der Waals surface area contributed by atoms with E-state index in [9.17, 15) is 14.4 Å². The topological polar surface area (TPSA) is 142 Å². The zero-order valence-corrected chi connectivity index (χ0v) is 17.1. The summed E-state index contributed by atoms with van der Waals surface area (Å²) in [7, 11) is 0. The van der Waals surface area contributed by atoms with Crippen molar-refractivity contribution in [1.82, 2.24) is 14.9 Å². The number of nitrogens with zero attached hydrogens (tertiary/aromatic N) is 5. The Balaban J connectivity index is 1.57. The molecule has 0 saturated carbocycles. The number of fused-ring (bicyclic) bond motifs is 1. The molecule has 4 rings (SSSR count). The predicted molar refractivity (Wildman–Crippen MR) is 112 cm³/mol. The highest BCUT2D eigenvalue weighted by atomic mass is 35.5. The van der Waals surface area contributed by atoms with Crippen LogP contribution in [-0.4, -0.2) is 70.7 Å². The second kappa shape index (κ2) is 8.26. The van der Waals surface area contributed by atoms with Crippen LogP contribution in [0.4, 0.5) is 22.0 Å². The number of halogens is 1. The van der Waals surface area contributed by atoms with Crippen LogP contribution in [0, 0.1) is 0 Å². The summed E-state index contributed by atoms with van der Waals surface area (Å²) in [6, 6.07) is 4.61. The second-order valence-corrected chi connectivity index (χ2v) is 7.35. The quantitative estimate of drug-likeness (QED) is 0.702. The van der Waals surface area contributed by atoms with Crippen molar-refractivity contribution < 1.29 is 24.2 Å². The van der Waals surface area contributed by atoms with Crippen molar-refractivity contribution in [2.24, 2.45) is 0 Å². The number of urea groups is 1. The van der Waals surface area contributed by atoms with Crippen molar-refractivity contribution in [3.63, 3.8) is 0 Å². The lowest BCUT2D eigenvalue weighted by atomic mass is 10.2. The van der Waals surface area contributed by atoms with E-state index in [0.29, 0.717) is 24.5 Å². The highest BCUT2D eigenvalue weighted by Crippen LogP contribution is 2.34. The normalized spacial score (nSPS) is 16.2. The van der Waals surface area contributed by atoms with Gasteiger partial charge in [0, 0.05) is 25.3 Å². The fourth-order valence-electron chi connectivity index (χ4n) is 3.54. The molecule has 0 unspecified atom stereocenters. The number of rotatable bonds is 5. The molecular weight excluding hydrogens is 428 g/mol. The van der Waals surface area contributed by atoms with E-state index < -0.39 is 11.9 Å². The van der Waals surface area contributed by atoms with E-state index in [1.165, 1.54) is 21.0 Å². The van der Waals surface area contributed by atoms with Gasteiger partial charge in [0.1, 0.15) is 24.3 Å². The standard InChI is InChI=1S/C19H19ClN6O5/c20-12-9-11(25-7-8-31-17-15(18(25)29)16(21)22-10-23-17)1-2-13(12)26-6-5-24(19(26)30)4-3-14(27)28/h1-2,9-10H,3-8H2,(H,27,28)(H2,21,22,23). The van der Waals surface area contributed by atoms with Crippen molar-refractivity contribution in [3.8, 4) is 5.88 Å². The molecule has 1 aromatic carbocycles. The van der Waals surface area contributed by atoms with Gasteiger partial charge in [-0.25, -0.2) is 14.8 Å². The van der Waals surface area contributed by atoms with Crippen molar-refractivity contribution in [1.29, 1.82) is 0 Å². The molecule has 0 atom stereocenters. The first kappa shape index (κ1) is 20.7. The molecule has 0 radical (unpaired) electrons. The van der Waals surface area contributed by atoms with Crippen LogP contribution in [0.15, 0.2) is 24.5 Å². The largest absolute Gasteiger partial charge is 0.481 e. The fourth-order valence-corrected chi connectivity index (χ4v) is 3.81. The smallest absolute Gasteiger partial charge is 0.324 e. The Labute approximate surface area is 182 Å². The molecule has 12 heteroatoms. The third-order valence-corrected chi connectivity index (χ3v) is 5.38. The summed E-state index contributed by atoms with van der Waals surface area (Å²) >= 11 is 6.46. The zero-order valence-electron chi connectivity index (χ0n) is 16.3. The Morgan fingerprint density at radius 2 is 2.00 bits per heavy atom. The van der Waals surface area contributed by atoms with Gasteiger partial charge in [0.2, 0.25) is 5.88 Å². The van der Waals surface area contributed by atoms with Crippen LogP contribution in [0.1, 0.15) is 16.8 Å². The van der Waals surface area contributed by atoms with Gasteiger partial charge in [-0.15, -0.1) is 0 Å². The summed E-state index contributed by atoms with van der Waals surface area (Å²) in [6.45, 7) is 1.37. The minimum atomic E-state index is -0.965. The highest BCUT2D eigenvalue weighted by Gasteiger charge is 2.32. The number of carbonyl (C=O) groups is 3. The van der Waals surface area contributed by atoms with E-state index >= 15 is 0 Å². The van der Waals surface area contributed by atoms with Crippen LogP contribution in [0.25, 0.3) is 0 Å². The van der Waals surface area contributed by atoms with Gasteiger partial charge in [-0.2, -0.15) is 0 Å². The molecule has 1 fully saturated rings. The molecule has 0 spiro atoms. The number of ether oxygens (including phenoxy) is 1. The first-order chi connectivity index (χ1) is 14.9. The lowest BCUT2D eigenvalue weighted by molar-refractivity contribution is -0.137. The molecule has 0 bridgehead atoms. The Morgan fingerprint density at radius 1 is 1.19 bits per heavy atom. The third-order valence-electron chi connectivity index (χ3n) is 5.08. The molecule has 2 aliphatic heterocycles. The van der Waals surface area contributed by atoms with Crippen LogP contribution in [0.2, 0.25) is 5.02 Å². The SMILES string of the molecule is Nc1ncnc2c1C(=O)N(c1ccc(N3CCN(CCC(=O)O)C3=O)c(Cl)c1)CCO2. The lowest BCUT2D eigenvalue weighted by Gasteiger charge is -2.23. The van der Waals surface area contributed by atoms with Crippen molar-refractivity contribution in [2.45, 2.75) is 6.42 Å². The number of nitrogens with two attached hydrogens (primary N) is 1. The first-order valence-electron chi connectivity index (χ1n) is 9.49. The fraction of sp³-hybridized carbons (Fsp3) is 0.316. The van der Waals surface area contributed by atoms with Crippen LogP contribution >= 0.6 is 11.6 Å². The predicted octanol–water partition coefficient (Wildman–Crippen LogP) is 1.47.